The van der Waals surface area contributed by atoms with Crippen LogP contribution in [0.1, 0.15) is 10.4 Å². The Labute approximate surface area is 182 Å². The van der Waals surface area contributed by atoms with Crippen LogP contribution >= 0.6 is 34.5 Å². The molecule has 4 rings (SSSR count). The largest absolute Gasteiger partial charge is 0.365 e. The highest BCUT2D eigenvalue weighted by molar-refractivity contribution is 7.11. The van der Waals surface area contributed by atoms with E-state index in [0.717, 1.165) is 15.3 Å². The SMILES string of the molecule is CN(Cc1ccccc1)C1=C(c2cccs2)C(=O)N(c2cccc(Cl)c2Cl)C1=O. The van der Waals surface area contributed by atoms with Crippen LogP contribution in [0.3, 0.4) is 0 Å². The summed E-state index contributed by atoms with van der Waals surface area (Å²) in [4.78, 5) is 30.5. The third-order valence-electron chi connectivity index (χ3n) is 4.64. The number of amides is 2. The number of benzene rings is 2. The van der Waals surface area contributed by atoms with Crippen LogP contribution < -0.4 is 4.90 Å². The van der Waals surface area contributed by atoms with Crippen molar-refractivity contribution in [3.63, 3.8) is 0 Å². The Morgan fingerprint density at radius 2 is 1.69 bits per heavy atom. The highest BCUT2D eigenvalue weighted by atomic mass is 35.5. The average Bonchev–Trinajstić information content (AvgIpc) is 3.31. The van der Waals surface area contributed by atoms with E-state index in [1.165, 1.54) is 11.3 Å². The van der Waals surface area contributed by atoms with Gasteiger partial charge in [0.2, 0.25) is 0 Å². The maximum Gasteiger partial charge on any atom is 0.282 e. The molecule has 3 aromatic rings. The third kappa shape index (κ3) is 3.57. The zero-order valence-corrected chi connectivity index (χ0v) is 17.8. The van der Waals surface area contributed by atoms with Gasteiger partial charge < -0.3 is 4.90 Å². The predicted octanol–water partition coefficient (Wildman–Crippen LogP) is 5.47. The molecule has 1 aliphatic rings. The quantitative estimate of drug-likeness (QED) is 0.491. The van der Waals surface area contributed by atoms with E-state index in [2.05, 4.69) is 0 Å². The molecule has 1 aromatic heterocycles. The molecule has 0 bridgehead atoms. The number of rotatable bonds is 5. The molecule has 7 heteroatoms. The minimum absolute atomic E-state index is 0.174. The minimum Gasteiger partial charge on any atom is -0.365 e. The van der Waals surface area contributed by atoms with Gasteiger partial charge in [-0.25, -0.2) is 4.90 Å². The Morgan fingerprint density at radius 1 is 0.931 bits per heavy atom. The van der Waals surface area contributed by atoms with E-state index in [-0.39, 0.29) is 15.7 Å². The second-order valence-corrected chi connectivity index (χ2v) is 8.29. The maximum atomic E-state index is 13.4. The second kappa shape index (κ2) is 8.03. The van der Waals surface area contributed by atoms with E-state index < -0.39 is 11.8 Å². The number of carbonyl (C=O) groups excluding carboxylic acids is 2. The number of hydrogen-bond donors (Lipinski definition) is 0. The lowest BCUT2D eigenvalue weighted by Crippen LogP contribution is -2.34. The van der Waals surface area contributed by atoms with Crippen LogP contribution in [0.4, 0.5) is 5.69 Å². The van der Waals surface area contributed by atoms with Crippen molar-refractivity contribution in [3.8, 4) is 0 Å². The highest BCUT2D eigenvalue weighted by Gasteiger charge is 2.43. The highest BCUT2D eigenvalue weighted by Crippen LogP contribution is 2.40. The van der Waals surface area contributed by atoms with E-state index in [4.69, 9.17) is 23.2 Å². The van der Waals surface area contributed by atoms with E-state index in [1.807, 2.05) is 59.8 Å². The van der Waals surface area contributed by atoms with Gasteiger partial charge in [-0.1, -0.05) is 65.7 Å². The Bertz CT molecular complexity index is 1110. The molecule has 0 radical (unpaired) electrons. The number of imide groups is 1. The van der Waals surface area contributed by atoms with Gasteiger partial charge in [-0.05, 0) is 29.1 Å². The van der Waals surface area contributed by atoms with Crippen molar-refractivity contribution in [2.75, 3.05) is 11.9 Å². The fourth-order valence-corrected chi connectivity index (χ4v) is 4.48. The normalized spacial score (nSPS) is 14.1. The molecule has 0 aliphatic carbocycles. The minimum atomic E-state index is -0.416. The molecule has 0 N–H and O–H groups in total. The molecule has 0 atom stereocenters. The van der Waals surface area contributed by atoms with Crippen LogP contribution in [-0.2, 0) is 16.1 Å². The molecule has 4 nitrogen and oxygen atoms in total. The molecule has 0 saturated carbocycles. The summed E-state index contributed by atoms with van der Waals surface area (Å²) in [5.74, 6) is -0.822. The van der Waals surface area contributed by atoms with E-state index in [9.17, 15) is 9.59 Å². The van der Waals surface area contributed by atoms with Gasteiger partial charge >= 0.3 is 0 Å². The molecular formula is C22H16Cl2N2O2S. The van der Waals surface area contributed by atoms with Crippen LogP contribution in [0.2, 0.25) is 10.0 Å². The summed E-state index contributed by atoms with van der Waals surface area (Å²) in [6.07, 6.45) is 0. The topological polar surface area (TPSA) is 40.6 Å². The first-order valence-electron chi connectivity index (χ1n) is 8.85. The Kier molecular flexibility index (Phi) is 5.46. The molecule has 2 amide bonds. The monoisotopic (exact) mass is 442 g/mol. The van der Waals surface area contributed by atoms with Gasteiger partial charge in [0, 0.05) is 18.5 Å². The fraction of sp³-hybridized carbons (Fsp3) is 0.0909. The molecule has 2 aromatic carbocycles. The standard InChI is InChI=1S/C22H16Cl2N2O2S/c1-25(13-14-7-3-2-4-8-14)20-18(17-11-6-12-29-17)21(27)26(22(20)28)16-10-5-9-15(23)19(16)24/h2-12H,13H2,1H3. The van der Waals surface area contributed by atoms with Crippen molar-refractivity contribution >= 4 is 57.6 Å². The Morgan fingerprint density at radius 3 is 2.38 bits per heavy atom. The Hall–Kier alpha value is -2.60. The molecule has 0 fully saturated rings. The molecule has 29 heavy (non-hydrogen) atoms. The van der Waals surface area contributed by atoms with Crippen molar-refractivity contribution in [2.24, 2.45) is 0 Å². The molecule has 0 saturated heterocycles. The third-order valence-corrected chi connectivity index (χ3v) is 6.34. The van der Waals surface area contributed by atoms with Crippen molar-refractivity contribution in [1.29, 1.82) is 0 Å². The molecule has 2 heterocycles. The van der Waals surface area contributed by atoms with Gasteiger partial charge in [-0.2, -0.15) is 0 Å². The smallest absolute Gasteiger partial charge is 0.282 e. The van der Waals surface area contributed by atoms with Crippen LogP contribution in [0, 0.1) is 0 Å². The average molecular weight is 443 g/mol. The summed E-state index contributed by atoms with van der Waals surface area (Å²) < 4.78 is 0. The van der Waals surface area contributed by atoms with Crippen molar-refractivity contribution in [2.45, 2.75) is 6.54 Å². The van der Waals surface area contributed by atoms with Gasteiger partial charge in [0.05, 0.1) is 21.3 Å². The van der Waals surface area contributed by atoms with E-state index in [0.29, 0.717) is 17.8 Å². The molecule has 0 spiro atoms. The number of anilines is 1. The lowest BCUT2D eigenvalue weighted by Gasteiger charge is -2.22. The number of thiophene rings is 1. The van der Waals surface area contributed by atoms with Gasteiger partial charge in [0.1, 0.15) is 5.70 Å². The van der Waals surface area contributed by atoms with Crippen LogP contribution in [0.25, 0.3) is 5.57 Å². The summed E-state index contributed by atoms with van der Waals surface area (Å²) >= 11 is 13.9. The van der Waals surface area contributed by atoms with Crippen molar-refractivity contribution < 1.29 is 9.59 Å². The van der Waals surface area contributed by atoms with Gasteiger partial charge in [0.15, 0.2) is 0 Å². The summed E-state index contributed by atoms with van der Waals surface area (Å²) in [5, 5.41) is 2.34. The number of nitrogens with zero attached hydrogens (tertiary/aromatic N) is 2. The van der Waals surface area contributed by atoms with E-state index >= 15 is 0 Å². The second-order valence-electron chi connectivity index (χ2n) is 6.56. The first-order chi connectivity index (χ1) is 14.0. The number of hydrogen-bond acceptors (Lipinski definition) is 4. The van der Waals surface area contributed by atoms with Crippen LogP contribution in [0.5, 0.6) is 0 Å². The van der Waals surface area contributed by atoms with Crippen molar-refractivity contribution in [1.82, 2.24) is 4.90 Å². The van der Waals surface area contributed by atoms with Crippen LogP contribution in [-0.4, -0.2) is 23.8 Å². The van der Waals surface area contributed by atoms with Gasteiger partial charge in [-0.15, -0.1) is 11.3 Å². The molecular weight excluding hydrogens is 427 g/mol. The van der Waals surface area contributed by atoms with Gasteiger partial charge in [-0.3, -0.25) is 9.59 Å². The summed E-state index contributed by atoms with van der Waals surface area (Å²) in [6.45, 7) is 0.487. The zero-order valence-electron chi connectivity index (χ0n) is 15.4. The first kappa shape index (κ1) is 19.7. The number of likely N-dealkylation sites (N-methyl/N-ethyl adjacent to an activating group) is 1. The summed E-state index contributed by atoms with van der Waals surface area (Å²) in [7, 11) is 1.81. The summed E-state index contributed by atoms with van der Waals surface area (Å²) in [5.41, 5.74) is 2.04. The van der Waals surface area contributed by atoms with Crippen molar-refractivity contribution in [3.05, 3.63) is 92.2 Å². The Balaban J connectivity index is 1.80. The molecule has 1 aliphatic heterocycles. The molecule has 0 unspecified atom stereocenters. The zero-order chi connectivity index (χ0) is 20.5. The summed E-state index contributed by atoms with van der Waals surface area (Å²) in [6, 6.07) is 18.4. The lowest BCUT2D eigenvalue weighted by atomic mass is 10.1. The number of halogens is 2. The first-order valence-corrected chi connectivity index (χ1v) is 10.5. The lowest BCUT2D eigenvalue weighted by molar-refractivity contribution is -0.120. The van der Waals surface area contributed by atoms with Crippen LogP contribution in [0.15, 0.2) is 71.7 Å². The fourth-order valence-electron chi connectivity index (χ4n) is 3.34. The van der Waals surface area contributed by atoms with Gasteiger partial charge in [0.25, 0.3) is 11.8 Å². The predicted molar refractivity (Wildman–Crippen MR) is 118 cm³/mol. The maximum absolute atomic E-state index is 13.4. The number of carbonyl (C=O) groups is 2. The van der Waals surface area contributed by atoms with E-state index in [1.54, 1.807) is 18.2 Å². The molecule has 146 valence electrons.